The highest BCUT2D eigenvalue weighted by molar-refractivity contribution is 8.00. The van der Waals surface area contributed by atoms with Gasteiger partial charge in [-0.05, 0) is 62.1 Å². The fourth-order valence-electron chi connectivity index (χ4n) is 3.44. The molecule has 0 bridgehead atoms. The van der Waals surface area contributed by atoms with E-state index in [-0.39, 0.29) is 23.6 Å². The number of hydrogen-bond donors (Lipinski definition) is 2. The van der Waals surface area contributed by atoms with E-state index < -0.39 is 0 Å². The van der Waals surface area contributed by atoms with Crippen molar-refractivity contribution in [3.8, 4) is 0 Å². The Morgan fingerprint density at radius 1 is 1.03 bits per heavy atom. The van der Waals surface area contributed by atoms with Crippen LogP contribution in [0.25, 0.3) is 0 Å². The van der Waals surface area contributed by atoms with E-state index in [0.29, 0.717) is 10.6 Å². The summed E-state index contributed by atoms with van der Waals surface area (Å²) in [4.78, 5) is 30.2. The van der Waals surface area contributed by atoms with Gasteiger partial charge in [-0.25, -0.2) is 4.98 Å². The Bertz CT molecular complexity index is 1080. The summed E-state index contributed by atoms with van der Waals surface area (Å²) in [5.41, 5.74) is 5.14. The van der Waals surface area contributed by atoms with Crippen LogP contribution in [-0.2, 0) is 11.2 Å². The van der Waals surface area contributed by atoms with Gasteiger partial charge in [-0.1, -0.05) is 61.2 Å². The molecule has 1 aromatic heterocycles. The summed E-state index contributed by atoms with van der Waals surface area (Å²) < 4.78 is 0. The van der Waals surface area contributed by atoms with Gasteiger partial charge in [0.1, 0.15) is 5.03 Å². The normalized spacial score (nSPS) is 11.6. The molecule has 2 aromatic carbocycles. The molecule has 2 N–H and O–H groups in total. The average molecular weight is 448 g/mol. The maximum atomic E-state index is 13.1. The standard InChI is InChI=1S/C26H29N3O2S/c1-5-20-11-13-22(14-12-20)29-25(31)24-17(2)15-18(3)27-26(24)32-16-23(30)28-19(4)21-9-7-6-8-10-21/h6-15,19H,5,16H2,1-4H3,(H,28,30)(H,29,31). The second-order valence-corrected chi connectivity index (χ2v) is 8.72. The van der Waals surface area contributed by atoms with Gasteiger partial charge in [0.15, 0.2) is 0 Å². The van der Waals surface area contributed by atoms with Gasteiger partial charge in [0.25, 0.3) is 5.91 Å². The number of carbonyl (C=O) groups excluding carboxylic acids is 2. The Hall–Kier alpha value is -3.12. The first kappa shape index (κ1) is 23.5. The van der Waals surface area contributed by atoms with E-state index in [1.807, 2.05) is 81.4 Å². The Morgan fingerprint density at radius 3 is 2.38 bits per heavy atom. The molecular weight excluding hydrogens is 418 g/mol. The van der Waals surface area contributed by atoms with E-state index in [0.717, 1.165) is 28.9 Å². The molecule has 3 aromatic rings. The lowest BCUT2D eigenvalue weighted by atomic mass is 10.1. The summed E-state index contributed by atoms with van der Waals surface area (Å²) in [7, 11) is 0. The smallest absolute Gasteiger partial charge is 0.258 e. The second-order valence-electron chi connectivity index (χ2n) is 7.75. The Morgan fingerprint density at radius 2 is 1.72 bits per heavy atom. The van der Waals surface area contributed by atoms with Crippen LogP contribution in [-0.4, -0.2) is 22.6 Å². The number of rotatable bonds is 8. The number of pyridine rings is 1. The molecule has 0 fully saturated rings. The molecule has 0 radical (unpaired) electrons. The maximum absolute atomic E-state index is 13.1. The van der Waals surface area contributed by atoms with Crippen molar-refractivity contribution in [3.05, 3.63) is 88.6 Å². The van der Waals surface area contributed by atoms with E-state index in [9.17, 15) is 9.59 Å². The van der Waals surface area contributed by atoms with Crippen molar-refractivity contribution in [1.29, 1.82) is 0 Å². The fourth-order valence-corrected chi connectivity index (χ4v) is 4.40. The highest BCUT2D eigenvalue weighted by atomic mass is 32.2. The summed E-state index contributed by atoms with van der Waals surface area (Å²) in [6, 6.07) is 19.4. The van der Waals surface area contributed by atoms with Crippen LogP contribution in [0.5, 0.6) is 0 Å². The quantitative estimate of drug-likeness (QED) is 0.449. The van der Waals surface area contributed by atoms with Crippen LogP contribution in [0.15, 0.2) is 65.7 Å². The number of aromatic nitrogens is 1. The van der Waals surface area contributed by atoms with E-state index in [2.05, 4.69) is 22.5 Å². The first-order valence-corrected chi connectivity index (χ1v) is 11.7. The zero-order valence-electron chi connectivity index (χ0n) is 18.9. The number of benzene rings is 2. The van der Waals surface area contributed by atoms with E-state index in [1.165, 1.54) is 17.3 Å². The first-order valence-electron chi connectivity index (χ1n) is 10.7. The number of thioether (sulfide) groups is 1. The van der Waals surface area contributed by atoms with Crippen LogP contribution >= 0.6 is 11.8 Å². The molecule has 1 heterocycles. The van der Waals surface area contributed by atoms with Crippen molar-refractivity contribution < 1.29 is 9.59 Å². The van der Waals surface area contributed by atoms with Gasteiger partial charge < -0.3 is 10.6 Å². The van der Waals surface area contributed by atoms with Crippen molar-refractivity contribution in [2.24, 2.45) is 0 Å². The maximum Gasteiger partial charge on any atom is 0.258 e. The highest BCUT2D eigenvalue weighted by Gasteiger charge is 2.19. The zero-order valence-corrected chi connectivity index (χ0v) is 19.8. The molecule has 0 aliphatic rings. The van der Waals surface area contributed by atoms with Crippen LogP contribution in [0.3, 0.4) is 0 Å². The molecule has 32 heavy (non-hydrogen) atoms. The van der Waals surface area contributed by atoms with Gasteiger partial charge in [-0.15, -0.1) is 0 Å². The Labute approximate surface area is 194 Å². The summed E-state index contributed by atoms with van der Waals surface area (Å²) in [6.45, 7) is 7.83. The lowest BCUT2D eigenvalue weighted by molar-refractivity contribution is -0.119. The Balaban J connectivity index is 1.70. The number of anilines is 1. The lowest BCUT2D eigenvalue weighted by Gasteiger charge is -2.15. The van der Waals surface area contributed by atoms with Crippen LogP contribution in [0, 0.1) is 13.8 Å². The predicted molar refractivity (Wildman–Crippen MR) is 131 cm³/mol. The Kier molecular flexibility index (Phi) is 8.06. The minimum Gasteiger partial charge on any atom is -0.349 e. The number of aryl methyl sites for hydroxylation is 3. The number of carbonyl (C=O) groups is 2. The first-order chi connectivity index (χ1) is 15.4. The molecule has 166 valence electrons. The van der Waals surface area contributed by atoms with Gasteiger partial charge in [-0.3, -0.25) is 9.59 Å². The van der Waals surface area contributed by atoms with E-state index in [4.69, 9.17) is 0 Å². The van der Waals surface area contributed by atoms with Gasteiger partial charge >= 0.3 is 0 Å². The zero-order chi connectivity index (χ0) is 23.1. The topological polar surface area (TPSA) is 71.1 Å². The minimum atomic E-state index is -0.222. The molecule has 2 amide bonds. The van der Waals surface area contributed by atoms with E-state index >= 15 is 0 Å². The SMILES string of the molecule is CCc1ccc(NC(=O)c2c(C)cc(C)nc2SCC(=O)NC(C)c2ccccc2)cc1. The molecule has 0 aliphatic carbocycles. The summed E-state index contributed by atoms with van der Waals surface area (Å²) in [5, 5.41) is 6.53. The largest absolute Gasteiger partial charge is 0.349 e. The van der Waals surface area contributed by atoms with Crippen molar-refractivity contribution in [3.63, 3.8) is 0 Å². The number of nitrogens with one attached hydrogen (secondary N) is 2. The molecule has 0 saturated carbocycles. The van der Waals surface area contributed by atoms with Gasteiger partial charge in [0.2, 0.25) is 5.91 Å². The van der Waals surface area contributed by atoms with Gasteiger partial charge in [0, 0.05) is 11.4 Å². The van der Waals surface area contributed by atoms with Crippen LogP contribution in [0.4, 0.5) is 5.69 Å². The molecule has 1 unspecified atom stereocenters. The number of hydrogen-bond acceptors (Lipinski definition) is 4. The van der Waals surface area contributed by atoms with Gasteiger partial charge in [-0.2, -0.15) is 0 Å². The van der Waals surface area contributed by atoms with Crippen molar-refractivity contribution >= 4 is 29.3 Å². The van der Waals surface area contributed by atoms with Crippen LogP contribution in [0.2, 0.25) is 0 Å². The number of amides is 2. The lowest BCUT2D eigenvalue weighted by Crippen LogP contribution is -2.28. The second kappa shape index (κ2) is 11.0. The molecule has 5 nitrogen and oxygen atoms in total. The van der Waals surface area contributed by atoms with Crippen molar-refractivity contribution in [1.82, 2.24) is 10.3 Å². The third-order valence-corrected chi connectivity index (χ3v) is 6.15. The van der Waals surface area contributed by atoms with Crippen LogP contribution < -0.4 is 10.6 Å². The highest BCUT2D eigenvalue weighted by Crippen LogP contribution is 2.26. The average Bonchev–Trinajstić information content (AvgIpc) is 2.78. The molecule has 0 aliphatic heterocycles. The summed E-state index contributed by atoms with van der Waals surface area (Å²) in [6.07, 6.45) is 0.945. The third-order valence-electron chi connectivity index (χ3n) is 5.18. The molecule has 1 atom stereocenters. The third kappa shape index (κ3) is 6.20. The monoisotopic (exact) mass is 447 g/mol. The predicted octanol–water partition coefficient (Wildman–Crippen LogP) is 5.48. The molecular formula is C26H29N3O2S. The van der Waals surface area contributed by atoms with Crippen molar-refractivity contribution in [2.75, 3.05) is 11.1 Å². The fraction of sp³-hybridized carbons (Fsp3) is 0.269. The summed E-state index contributed by atoms with van der Waals surface area (Å²) >= 11 is 1.28. The van der Waals surface area contributed by atoms with Crippen LogP contribution in [0.1, 0.15) is 52.6 Å². The van der Waals surface area contributed by atoms with Gasteiger partial charge in [0.05, 0.1) is 17.4 Å². The molecule has 6 heteroatoms. The molecule has 0 spiro atoms. The minimum absolute atomic E-state index is 0.0923. The number of nitrogens with zero attached hydrogens (tertiary/aromatic N) is 1. The summed E-state index contributed by atoms with van der Waals surface area (Å²) in [5.74, 6) is -0.146. The van der Waals surface area contributed by atoms with E-state index in [1.54, 1.807) is 0 Å². The molecule has 3 rings (SSSR count). The van der Waals surface area contributed by atoms with Crippen molar-refractivity contribution in [2.45, 2.75) is 45.2 Å². The molecule has 0 saturated heterocycles.